The molecule has 3 nitrogen and oxygen atoms in total. The Hall–Kier alpha value is -7.23. The lowest BCUT2D eigenvalue weighted by molar-refractivity contribution is 0.660. The second-order valence-electron chi connectivity index (χ2n) is 15.7. The molecule has 0 radical (unpaired) electrons. The Kier molecular flexibility index (Phi) is 7.52. The smallest absolute Gasteiger partial charge is 0.164 e. The molecule has 0 amide bonds. The Morgan fingerprint density at radius 1 is 0.281 bits per heavy atom. The van der Waals surface area contributed by atoms with E-state index in [4.69, 9.17) is 15.0 Å². The van der Waals surface area contributed by atoms with E-state index in [9.17, 15) is 0 Å². The van der Waals surface area contributed by atoms with Crippen LogP contribution in [0.5, 0.6) is 0 Å². The standard InChI is InChI=1S/C54H37N3/c1-54(2)49-18-10-9-17-47(49)48-26-25-41(33-50(48)54)45-30-44(40-22-19-34-11-3-6-14-37(34)27-40)31-46(32-45)53-56-51(42-23-20-35-12-4-7-15-38(35)28-42)55-52(57-53)43-24-21-36-13-5-8-16-39(36)29-43/h3-33H,1-2H3. The number of nitrogens with zero attached hydrogens (tertiary/aromatic N) is 3. The van der Waals surface area contributed by atoms with Crippen LogP contribution in [0.15, 0.2) is 188 Å². The molecular formula is C54H37N3. The van der Waals surface area contributed by atoms with Crippen LogP contribution in [0.2, 0.25) is 0 Å². The summed E-state index contributed by atoms with van der Waals surface area (Å²) < 4.78 is 0. The number of hydrogen-bond donors (Lipinski definition) is 0. The van der Waals surface area contributed by atoms with Crippen LogP contribution >= 0.6 is 0 Å². The fourth-order valence-corrected chi connectivity index (χ4v) is 8.76. The second-order valence-corrected chi connectivity index (χ2v) is 15.7. The number of rotatable bonds is 5. The molecule has 268 valence electrons. The van der Waals surface area contributed by atoms with Gasteiger partial charge in [0.15, 0.2) is 17.5 Å². The predicted octanol–water partition coefficient (Wildman–Crippen LogP) is 14.0. The molecule has 3 heteroatoms. The van der Waals surface area contributed by atoms with Gasteiger partial charge in [0, 0.05) is 22.1 Å². The molecular weight excluding hydrogens is 691 g/mol. The maximum Gasteiger partial charge on any atom is 0.164 e. The van der Waals surface area contributed by atoms with E-state index in [1.54, 1.807) is 0 Å². The van der Waals surface area contributed by atoms with E-state index in [1.807, 2.05) is 0 Å². The Morgan fingerprint density at radius 2 is 0.667 bits per heavy atom. The molecule has 10 aromatic rings. The molecule has 0 atom stereocenters. The van der Waals surface area contributed by atoms with Gasteiger partial charge in [0.05, 0.1) is 0 Å². The van der Waals surface area contributed by atoms with Gasteiger partial charge in [0.1, 0.15) is 0 Å². The Morgan fingerprint density at radius 3 is 1.23 bits per heavy atom. The molecule has 1 heterocycles. The molecule has 0 aliphatic heterocycles. The van der Waals surface area contributed by atoms with E-state index in [2.05, 4.69) is 202 Å². The summed E-state index contributed by atoms with van der Waals surface area (Å²) in [6.45, 7) is 4.68. The van der Waals surface area contributed by atoms with Gasteiger partial charge >= 0.3 is 0 Å². The van der Waals surface area contributed by atoms with Gasteiger partial charge < -0.3 is 0 Å². The number of hydrogen-bond acceptors (Lipinski definition) is 3. The van der Waals surface area contributed by atoms with Crippen molar-refractivity contribution < 1.29 is 0 Å². The summed E-state index contributed by atoms with van der Waals surface area (Å²) in [5.74, 6) is 1.92. The zero-order valence-electron chi connectivity index (χ0n) is 31.7. The average molecular weight is 728 g/mol. The molecule has 57 heavy (non-hydrogen) atoms. The lowest BCUT2D eigenvalue weighted by Crippen LogP contribution is -2.14. The topological polar surface area (TPSA) is 38.7 Å². The minimum atomic E-state index is -0.113. The summed E-state index contributed by atoms with van der Waals surface area (Å²) in [6, 6.07) is 67.6. The highest BCUT2D eigenvalue weighted by Gasteiger charge is 2.35. The van der Waals surface area contributed by atoms with Crippen molar-refractivity contribution in [2.75, 3.05) is 0 Å². The van der Waals surface area contributed by atoms with E-state index in [0.717, 1.165) is 49.7 Å². The molecule has 1 aliphatic carbocycles. The third kappa shape index (κ3) is 5.70. The second kappa shape index (κ2) is 12.9. The molecule has 0 spiro atoms. The predicted molar refractivity (Wildman–Crippen MR) is 237 cm³/mol. The van der Waals surface area contributed by atoms with Gasteiger partial charge in [-0.3, -0.25) is 0 Å². The van der Waals surface area contributed by atoms with Gasteiger partial charge in [-0.15, -0.1) is 0 Å². The van der Waals surface area contributed by atoms with Crippen molar-refractivity contribution in [1.29, 1.82) is 0 Å². The highest BCUT2D eigenvalue weighted by Crippen LogP contribution is 2.50. The molecule has 0 unspecified atom stereocenters. The third-order valence-corrected chi connectivity index (χ3v) is 11.8. The molecule has 0 N–H and O–H groups in total. The summed E-state index contributed by atoms with van der Waals surface area (Å²) in [4.78, 5) is 15.7. The van der Waals surface area contributed by atoms with Crippen LogP contribution in [0.4, 0.5) is 0 Å². The van der Waals surface area contributed by atoms with Crippen LogP contribution < -0.4 is 0 Å². The normalized spacial score (nSPS) is 12.9. The first-order chi connectivity index (χ1) is 27.9. The van der Waals surface area contributed by atoms with E-state index in [0.29, 0.717) is 17.5 Å². The van der Waals surface area contributed by atoms with E-state index < -0.39 is 0 Å². The molecule has 1 aliphatic rings. The molecule has 9 aromatic carbocycles. The fraction of sp³-hybridized carbons (Fsp3) is 0.0556. The molecule has 0 saturated carbocycles. The maximum absolute atomic E-state index is 5.27. The summed E-state index contributed by atoms with van der Waals surface area (Å²) in [5, 5.41) is 7.07. The fourth-order valence-electron chi connectivity index (χ4n) is 8.76. The number of benzene rings is 9. The first-order valence-corrected chi connectivity index (χ1v) is 19.6. The van der Waals surface area contributed by atoms with Crippen molar-refractivity contribution in [2.24, 2.45) is 0 Å². The number of aromatic nitrogens is 3. The summed E-state index contributed by atoms with van der Waals surface area (Å²) >= 11 is 0. The van der Waals surface area contributed by atoms with Crippen molar-refractivity contribution in [2.45, 2.75) is 19.3 Å². The third-order valence-electron chi connectivity index (χ3n) is 11.8. The molecule has 0 bridgehead atoms. The number of fused-ring (bicyclic) bond motifs is 6. The molecule has 0 saturated heterocycles. The lowest BCUT2D eigenvalue weighted by atomic mass is 9.81. The van der Waals surface area contributed by atoms with Crippen LogP contribution in [-0.2, 0) is 5.41 Å². The van der Waals surface area contributed by atoms with Gasteiger partial charge in [0.2, 0.25) is 0 Å². The van der Waals surface area contributed by atoms with Crippen molar-refractivity contribution in [3.8, 4) is 67.5 Å². The zero-order chi connectivity index (χ0) is 38.1. The van der Waals surface area contributed by atoms with Crippen molar-refractivity contribution in [3.05, 3.63) is 199 Å². The lowest BCUT2D eigenvalue weighted by Gasteiger charge is -2.22. The Bertz CT molecular complexity index is 3130. The first-order valence-electron chi connectivity index (χ1n) is 19.6. The van der Waals surface area contributed by atoms with Crippen molar-refractivity contribution in [3.63, 3.8) is 0 Å². The molecule has 1 aromatic heterocycles. The first kappa shape index (κ1) is 33.1. The summed E-state index contributed by atoms with van der Waals surface area (Å²) in [6.07, 6.45) is 0. The molecule has 11 rings (SSSR count). The highest BCUT2D eigenvalue weighted by atomic mass is 15.0. The van der Waals surface area contributed by atoms with Crippen LogP contribution in [0.3, 0.4) is 0 Å². The van der Waals surface area contributed by atoms with Gasteiger partial charge in [-0.05, 0) is 119 Å². The van der Waals surface area contributed by atoms with E-state index in [1.165, 1.54) is 43.8 Å². The van der Waals surface area contributed by atoms with Crippen LogP contribution in [0.25, 0.3) is 99.9 Å². The minimum absolute atomic E-state index is 0.113. The van der Waals surface area contributed by atoms with E-state index >= 15 is 0 Å². The van der Waals surface area contributed by atoms with Gasteiger partial charge in [-0.25, -0.2) is 15.0 Å². The zero-order valence-corrected chi connectivity index (χ0v) is 31.7. The summed E-state index contributed by atoms with van der Waals surface area (Å²) in [7, 11) is 0. The van der Waals surface area contributed by atoms with Crippen molar-refractivity contribution >= 4 is 32.3 Å². The maximum atomic E-state index is 5.27. The monoisotopic (exact) mass is 727 g/mol. The molecule has 0 fully saturated rings. The largest absolute Gasteiger partial charge is 0.208 e. The van der Waals surface area contributed by atoms with Gasteiger partial charge in [-0.2, -0.15) is 0 Å². The quantitative estimate of drug-likeness (QED) is 0.177. The summed E-state index contributed by atoms with van der Waals surface area (Å²) in [5.41, 5.74) is 12.6. The van der Waals surface area contributed by atoms with Crippen molar-refractivity contribution in [1.82, 2.24) is 15.0 Å². The Balaban J connectivity index is 1.13. The minimum Gasteiger partial charge on any atom is -0.208 e. The van der Waals surface area contributed by atoms with Gasteiger partial charge in [0.25, 0.3) is 0 Å². The van der Waals surface area contributed by atoms with Gasteiger partial charge in [-0.1, -0.05) is 159 Å². The SMILES string of the molecule is CC1(C)c2ccccc2-c2ccc(-c3cc(-c4ccc5ccccc5c4)cc(-c4nc(-c5ccc6ccccc6c5)nc(-c5ccc6ccccc6c5)n4)c3)cc21. The Labute approximate surface area is 332 Å². The van der Waals surface area contributed by atoms with E-state index in [-0.39, 0.29) is 5.41 Å². The van der Waals surface area contributed by atoms with Crippen LogP contribution in [0, 0.1) is 0 Å². The highest BCUT2D eigenvalue weighted by molar-refractivity contribution is 5.92. The van der Waals surface area contributed by atoms with Crippen LogP contribution in [0.1, 0.15) is 25.0 Å². The average Bonchev–Trinajstić information content (AvgIpc) is 3.50. The van der Waals surface area contributed by atoms with Crippen LogP contribution in [-0.4, -0.2) is 15.0 Å².